The fourth-order valence-corrected chi connectivity index (χ4v) is 2.28. The van der Waals surface area contributed by atoms with Gasteiger partial charge in [0.2, 0.25) is 0 Å². The lowest BCUT2D eigenvalue weighted by atomic mass is 10.2. The lowest BCUT2D eigenvalue weighted by Gasteiger charge is -2.06. The number of halogens is 1. The number of hydrogen-bond acceptors (Lipinski definition) is 3. The predicted octanol–water partition coefficient (Wildman–Crippen LogP) is 2.66. The van der Waals surface area contributed by atoms with Gasteiger partial charge in [0.25, 0.3) is 0 Å². The summed E-state index contributed by atoms with van der Waals surface area (Å²) in [4.78, 5) is 15.5. The first kappa shape index (κ1) is 11.5. The van der Waals surface area contributed by atoms with Crippen molar-refractivity contribution in [1.82, 2.24) is 4.98 Å². The van der Waals surface area contributed by atoms with Crippen molar-refractivity contribution in [3.63, 3.8) is 0 Å². The minimum absolute atomic E-state index is 0.333. The van der Waals surface area contributed by atoms with E-state index in [0.29, 0.717) is 5.75 Å². The third-order valence-corrected chi connectivity index (χ3v) is 3.87. The van der Waals surface area contributed by atoms with Crippen LogP contribution in [0.4, 0.5) is 0 Å². The number of thioether (sulfide) groups is 1. The second-order valence-corrected chi connectivity index (χ2v) is 4.77. The maximum atomic E-state index is 10.6. The summed E-state index contributed by atoms with van der Waals surface area (Å²) in [5, 5.41) is 8.69. The van der Waals surface area contributed by atoms with E-state index < -0.39 is 5.97 Å². The van der Waals surface area contributed by atoms with Crippen LogP contribution in [0.5, 0.6) is 0 Å². The molecule has 1 aromatic rings. The molecule has 5 heteroatoms. The van der Waals surface area contributed by atoms with Crippen molar-refractivity contribution in [3.8, 4) is 0 Å². The second-order valence-electron chi connectivity index (χ2n) is 2.86. The fourth-order valence-electron chi connectivity index (χ4n) is 0.766. The monoisotopic (exact) mass is 275 g/mol. The van der Waals surface area contributed by atoms with E-state index >= 15 is 0 Å². The van der Waals surface area contributed by atoms with E-state index in [9.17, 15) is 4.79 Å². The van der Waals surface area contributed by atoms with E-state index in [1.54, 1.807) is 19.3 Å². The van der Waals surface area contributed by atoms with Gasteiger partial charge in [-0.15, -0.1) is 11.8 Å². The molecule has 1 aromatic heterocycles. The van der Waals surface area contributed by atoms with Crippen molar-refractivity contribution in [1.29, 1.82) is 0 Å². The third kappa shape index (κ3) is 3.31. The highest BCUT2D eigenvalue weighted by molar-refractivity contribution is 9.10. The van der Waals surface area contributed by atoms with Crippen LogP contribution in [0.1, 0.15) is 6.92 Å². The summed E-state index contributed by atoms with van der Waals surface area (Å²) in [5.74, 6) is -0.527. The molecule has 76 valence electrons. The first-order chi connectivity index (χ1) is 6.61. The number of aliphatic carboxylic acids is 1. The number of carbonyl (C=O) groups is 1. The van der Waals surface area contributed by atoms with Crippen molar-refractivity contribution < 1.29 is 9.90 Å². The highest BCUT2D eigenvalue weighted by Gasteiger charge is 2.11. The predicted molar refractivity (Wildman–Crippen MR) is 59.5 cm³/mol. The SMILES string of the molecule is CC(CSc1ccncc1Br)C(=O)O. The van der Waals surface area contributed by atoms with Gasteiger partial charge in [0.05, 0.1) is 5.92 Å². The third-order valence-electron chi connectivity index (χ3n) is 1.65. The average molecular weight is 276 g/mol. The molecule has 1 unspecified atom stereocenters. The molecule has 1 heterocycles. The van der Waals surface area contributed by atoms with Gasteiger partial charge >= 0.3 is 5.97 Å². The number of carboxylic acids is 1. The van der Waals surface area contributed by atoms with Gasteiger partial charge in [-0.25, -0.2) is 0 Å². The van der Waals surface area contributed by atoms with Gasteiger partial charge in [0.15, 0.2) is 0 Å². The van der Waals surface area contributed by atoms with E-state index in [1.165, 1.54) is 11.8 Å². The highest BCUT2D eigenvalue weighted by Crippen LogP contribution is 2.27. The second kappa shape index (κ2) is 5.36. The topological polar surface area (TPSA) is 50.2 Å². The summed E-state index contributed by atoms with van der Waals surface area (Å²) in [6, 6.07) is 1.86. The van der Waals surface area contributed by atoms with Gasteiger partial charge in [-0.1, -0.05) is 6.92 Å². The van der Waals surface area contributed by atoms with E-state index in [0.717, 1.165) is 9.37 Å². The van der Waals surface area contributed by atoms with E-state index in [2.05, 4.69) is 20.9 Å². The molecule has 0 aliphatic rings. The van der Waals surface area contributed by atoms with Crippen LogP contribution < -0.4 is 0 Å². The zero-order chi connectivity index (χ0) is 10.6. The minimum Gasteiger partial charge on any atom is -0.481 e. The van der Waals surface area contributed by atoms with Crippen LogP contribution in [-0.2, 0) is 4.79 Å². The molecule has 3 nitrogen and oxygen atoms in total. The molecular weight excluding hydrogens is 266 g/mol. The Balaban J connectivity index is 2.54. The van der Waals surface area contributed by atoms with Crippen molar-refractivity contribution in [3.05, 3.63) is 22.9 Å². The number of nitrogens with zero attached hydrogens (tertiary/aromatic N) is 1. The summed E-state index contributed by atoms with van der Waals surface area (Å²) in [7, 11) is 0. The van der Waals surface area contributed by atoms with Crippen molar-refractivity contribution >= 4 is 33.7 Å². The van der Waals surface area contributed by atoms with Crippen molar-refractivity contribution in [2.45, 2.75) is 11.8 Å². The van der Waals surface area contributed by atoms with Crippen molar-refractivity contribution in [2.75, 3.05) is 5.75 Å². The normalized spacial score (nSPS) is 12.4. The van der Waals surface area contributed by atoms with Gasteiger partial charge in [-0.05, 0) is 22.0 Å². The summed E-state index contributed by atoms with van der Waals surface area (Å²) in [6.07, 6.45) is 3.40. The number of rotatable bonds is 4. The van der Waals surface area contributed by atoms with Gasteiger partial charge in [0, 0.05) is 27.5 Å². The summed E-state index contributed by atoms with van der Waals surface area (Å²) in [6.45, 7) is 1.70. The molecule has 0 bridgehead atoms. The van der Waals surface area contributed by atoms with Gasteiger partial charge in [0.1, 0.15) is 0 Å². The first-order valence-electron chi connectivity index (χ1n) is 4.06. The summed E-state index contributed by atoms with van der Waals surface area (Å²) >= 11 is 4.87. The zero-order valence-corrected chi connectivity index (χ0v) is 10.0. The summed E-state index contributed by atoms with van der Waals surface area (Å²) < 4.78 is 0.905. The van der Waals surface area contributed by atoms with Gasteiger partial charge in [-0.2, -0.15) is 0 Å². The highest BCUT2D eigenvalue weighted by atomic mass is 79.9. The Hall–Kier alpha value is -0.550. The largest absolute Gasteiger partial charge is 0.481 e. The molecular formula is C9H10BrNO2S. The Morgan fingerprint density at radius 2 is 2.50 bits per heavy atom. The van der Waals surface area contributed by atoms with Crippen molar-refractivity contribution in [2.24, 2.45) is 5.92 Å². The Morgan fingerprint density at radius 3 is 3.07 bits per heavy atom. The molecule has 1 atom stereocenters. The molecule has 0 radical (unpaired) electrons. The Labute approximate surface area is 95.1 Å². The van der Waals surface area contributed by atoms with Gasteiger partial charge in [-0.3, -0.25) is 9.78 Å². The van der Waals surface area contributed by atoms with E-state index in [4.69, 9.17) is 5.11 Å². The van der Waals surface area contributed by atoms with Gasteiger partial charge < -0.3 is 5.11 Å². The molecule has 1 rings (SSSR count). The standard InChI is InChI=1S/C9H10BrNO2S/c1-6(9(12)13)5-14-8-2-3-11-4-7(8)10/h2-4,6H,5H2,1H3,(H,12,13). The number of hydrogen-bond donors (Lipinski definition) is 1. The van der Waals surface area contributed by atoms with E-state index in [1.807, 2.05) is 6.07 Å². The lowest BCUT2D eigenvalue weighted by molar-refractivity contribution is -0.140. The van der Waals surface area contributed by atoms with Crippen LogP contribution in [0.15, 0.2) is 27.8 Å². The quantitative estimate of drug-likeness (QED) is 0.859. The van der Waals surface area contributed by atoms with Crippen LogP contribution in [0, 0.1) is 5.92 Å². The fraction of sp³-hybridized carbons (Fsp3) is 0.333. The maximum Gasteiger partial charge on any atom is 0.307 e. The molecule has 0 spiro atoms. The molecule has 0 amide bonds. The zero-order valence-electron chi connectivity index (χ0n) is 7.61. The first-order valence-corrected chi connectivity index (χ1v) is 5.84. The molecule has 0 fully saturated rings. The number of pyridine rings is 1. The van der Waals surface area contributed by atoms with Crippen LogP contribution in [0.3, 0.4) is 0 Å². The van der Waals surface area contributed by atoms with E-state index in [-0.39, 0.29) is 5.92 Å². The van der Waals surface area contributed by atoms with Crippen LogP contribution in [-0.4, -0.2) is 21.8 Å². The Bertz CT molecular complexity index is 332. The molecule has 1 N–H and O–H groups in total. The average Bonchev–Trinajstić information content (AvgIpc) is 2.16. The molecule has 0 aliphatic heterocycles. The number of aromatic nitrogens is 1. The molecule has 0 saturated heterocycles. The Morgan fingerprint density at radius 1 is 1.79 bits per heavy atom. The molecule has 14 heavy (non-hydrogen) atoms. The van der Waals surface area contributed by atoms with Crippen LogP contribution in [0.2, 0.25) is 0 Å². The lowest BCUT2D eigenvalue weighted by Crippen LogP contribution is -2.11. The minimum atomic E-state index is -0.761. The molecule has 0 saturated carbocycles. The van der Waals surface area contributed by atoms with Crippen LogP contribution in [0.25, 0.3) is 0 Å². The summed E-state index contributed by atoms with van der Waals surface area (Å²) in [5.41, 5.74) is 0. The van der Waals surface area contributed by atoms with Crippen LogP contribution >= 0.6 is 27.7 Å². The maximum absolute atomic E-state index is 10.6. The molecule has 0 aromatic carbocycles. The Kier molecular flexibility index (Phi) is 4.41. The smallest absolute Gasteiger partial charge is 0.307 e. The molecule has 0 aliphatic carbocycles. The number of carboxylic acid groups (broad SMARTS) is 1.